The van der Waals surface area contributed by atoms with Crippen LogP contribution in [0, 0.1) is 5.92 Å². The van der Waals surface area contributed by atoms with E-state index in [4.69, 9.17) is 0 Å². The summed E-state index contributed by atoms with van der Waals surface area (Å²) in [5.41, 5.74) is 2.10. The molecule has 2 aromatic heterocycles. The molecule has 25 heavy (non-hydrogen) atoms. The predicted octanol–water partition coefficient (Wildman–Crippen LogP) is 2.85. The quantitative estimate of drug-likeness (QED) is 0.859. The number of likely N-dealkylation sites (tertiary alicyclic amines) is 1. The molecule has 0 radical (unpaired) electrons. The number of pyridine rings is 1. The molecule has 2 aromatic rings. The van der Waals surface area contributed by atoms with Crippen LogP contribution in [0.3, 0.4) is 0 Å². The third-order valence-corrected chi connectivity index (χ3v) is 4.94. The highest BCUT2D eigenvalue weighted by Gasteiger charge is 2.21. The van der Waals surface area contributed by atoms with Crippen molar-refractivity contribution in [3.8, 4) is 0 Å². The lowest BCUT2D eigenvalue weighted by Gasteiger charge is -2.32. The first kappa shape index (κ1) is 17.8. The van der Waals surface area contributed by atoms with Crippen LogP contribution in [0.25, 0.3) is 0 Å². The molecule has 0 bridgehead atoms. The second-order valence-electron chi connectivity index (χ2n) is 8.10. The lowest BCUT2D eigenvalue weighted by molar-refractivity contribution is 0.166. The summed E-state index contributed by atoms with van der Waals surface area (Å²) in [5, 5.41) is 0. The van der Waals surface area contributed by atoms with Gasteiger partial charge in [-0.05, 0) is 43.5 Å². The van der Waals surface area contributed by atoms with Crippen molar-refractivity contribution in [2.75, 3.05) is 13.1 Å². The van der Waals surface area contributed by atoms with Crippen molar-refractivity contribution >= 4 is 0 Å². The van der Waals surface area contributed by atoms with Crippen molar-refractivity contribution < 1.29 is 0 Å². The fourth-order valence-electron chi connectivity index (χ4n) is 3.33. The van der Waals surface area contributed by atoms with E-state index in [1.165, 1.54) is 5.56 Å². The van der Waals surface area contributed by atoms with Crippen molar-refractivity contribution in [2.45, 2.75) is 52.1 Å². The minimum Gasteiger partial charge on any atom is -0.299 e. The third kappa shape index (κ3) is 4.75. The van der Waals surface area contributed by atoms with Gasteiger partial charge in [0.15, 0.2) is 0 Å². The number of hydrogen-bond donors (Lipinski definition) is 0. The maximum absolute atomic E-state index is 12.4. The summed E-state index contributed by atoms with van der Waals surface area (Å²) >= 11 is 0. The Morgan fingerprint density at radius 1 is 1.24 bits per heavy atom. The average molecular weight is 340 g/mol. The van der Waals surface area contributed by atoms with Crippen molar-refractivity contribution in [2.24, 2.45) is 5.92 Å². The standard InChI is InChI=1S/C20H28N4O/c1-20(2,3)18-11-19(25)24(15-22-18)14-16-6-9-23(10-7-16)13-17-5-4-8-21-12-17/h4-5,8,11-12,15-16H,6-7,9-10,13-14H2,1-3H3. The van der Waals surface area contributed by atoms with Gasteiger partial charge in [0.25, 0.3) is 5.56 Å². The number of aromatic nitrogens is 3. The molecule has 0 unspecified atom stereocenters. The van der Waals surface area contributed by atoms with Gasteiger partial charge in [-0.2, -0.15) is 0 Å². The van der Waals surface area contributed by atoms with Gasteiger partial charge in [-0.3, -0.25) is 19.2 Å². The van der Waals surface area contributed by atoms with E-state index in [1.54, 1.807) is 17.0 Å². The lowest BCUT2D eigenvalue weighted by atomic mass is 9.92. The zero-order chi connectivity index (χ0) is 17.9. The van der Waals surface area contributed by atoms with E-state index < -0.39 is 0 Å². The number of nitrogens with zero attached hydrogens (tertiary/aromatic N) is 4. The van der Waals surface area contributed by atoms with Crippen molar-refractivity contribution in [1.29, 1.82) is 0 Å². The van der Waals surface area contributed by atoms with Gasteiger partial charge in [-0.15, -0.1) is 0 Å². The van der Waals surface area contributed by atoms with Crippen LogP contribution in [-0.4, -0.2) is 32.5 Å². The van der Waals surface area contributed by atoms with Crippen LogP contribution in [-0.2, 0) is 18.5 Å². The van der Waals surface area contributed by atoms with Gasteiger partial charge in [-0.1, -0.05) is 26.8 Å². The van der Waals surface area contributed by atoms with E-state index >= 15 is 0 Å². The number of hydrogen-bond acceptors (Lipinski definition) is 4. The van der Waals surface area contributed by atoms with E-state index in [0.29, 0.717) is 5.92 Å². The summed E-state index contributed by atoms with van der Waals surface area (Å²) in [6.07, 6.45) is 7.72. The van der Waals surface area contributed by atoms with Gasteiger partial charge < -0.3 is 0 Å². The summed E-state index contributed by atoms with van der Waals surface area (Å²) in [6.45, 7) is 10.1. The van der Waals surface area contributed by atoms with Crippen LogP contribution in [0.2, 0.25) is 0 Å². The largest absolute Gasteiger partial charge is 0.299 e. The summed E-state index contributed by atoms with van der Waals surface area (Å²) in [6, 6.07) is 5.81. The van der Waals surface area contributed by atoms with E-state index in [1.807, 2.05) is 18.5 Å². The van der Waals surface area contributed by atoms with Gasteiger partial charge >= 0.3 is 0 Å². The zero-order valence-electron chi connectivity index (χ0n) is 15.5. The lowest BCUT2D eigenvalue weighted by Crippen LogP contribution is -2.36. The normalized spacial score (nSPS) is 16.9. The molecule has 3 rings (SSSR count). The Bertz CT molecular complexity index is 740. The fourth-order valence-corrected chi connectivity index (χ4v) is 3.33. The van der Waals surface area contributed by atoms with Crippen LogP contribution in [0.1, 0.15) is 44.9 Å². The second kappa shape index (κ2) is 7.48. The van der Waals surface area contributed by atoms with Crippen LogP contribution in [0.4, 0.5) is 0 Å². The highest BCUT2D eigenvalue weighted by atomic mass is 16.1. The minimum absolute atomic E-state index is 0.0673. The topological polar surface area (TPSA) is 51.0 Å². The third-order valence-electron chi connectivity index (χ3n) is 4.94. The Kier molecular flexibility index (Phi) is 5.33. The molecule has 1 saturated heterocycles. The van der Waals surface area contributed by atoms with Crippen LogP contribution >= 0.6 is 0 Å². The van der Waals surface area contributed by atoms with E-state index in [-0.39, 0.29) is 11.0 Å². The molecule has 1 aliphatic heterocycles. The van der Waals surface area contributed by atoms with E-state index in [0.717, 1.165) is 44.7 Å². The molecule has 0 N–H and O–H groups in total. The van der Waals surface area contributed by atoms with Gasteiger partial charge in [0, 0.05) is 37.0 Å². The first-order valence-electron chi connectivity index (χ1n) is 9.10. The molecule has 1 aliphatic rings. The monoisotopic (exact) mass is 340 g/mol. The molecule has 0 atom stereocenters. The smallest absolute Gasteiger partial charge is 0.253 e. The molecule has 3 heterocycles. The highest BCUT2D eigenvalue weighted by molar-refractivity contribution is 5.10. The Morgan fingerprint density at radius 3 is 2.60 bits per heavy atom. The molecule has 134 valence electrons. The predicted molar refractivity (Wildman–Crippen MR) is 99.4 cm³/mol. The zero-order valence-corrected chi connectivity index (χ0v) is 15.5. The Balaban J connectivity index is 1.55. The van der Waals surface area contributed by atoms with Crippen molar-refractivity contribution in [3.63, 3.8) is 0 Å². The van der Waals surface area contributed by atoms with Crippen molar-refractivity contribution in [3.05, 3.63) is 58.5 Å². The minimum atomic E-state index is -0.0874. The molecule has 5 nitrogen and oxygen atoms in total. The first-order valence-corrected chi connectivity index (χ1v) is 9.10. The molecule has 0 amide bonds. The molecule has 1 fully saturated rings. The molecule has 5 heteroatoms. The molecule has 0 aromatic carbocycles. The highest BCUT2D eigenvalue weighted by Crippen LogP contribution is 2.21. The summed E-state index contributed by atoms with van der Waals surface area (Å²) < 4.78 is 1.77. The second-order valence-corrected chi connectivity index (χ2v) is 8.10. The number of rotatable bonds is 4. The summed E-state index contributed by atoms with van der Waals surface area (Å²) in [7, 11) is 0. The van der Waals surface area contributed by atoms with Crippen LogP contribution in [0.15, 0.2) is 41.7 Å². The Hall–Kier alpha value is -2.01. The SMILES string of the molecule is CC(C)(C)c1cc(=O)n(CC2CCN(Cc3cccnc3)CC2)cn1. The van der Waals surface area contributed by atoms with E-state index in [2.05, 4.69) is 41.7 Å². The van der Waals surface area contributed by atoms with Crippen LogP contribution < -0.4 is 5.56 Å². The van der Waals surface area contributed by atoms with Gasteiger partial charge in [-0.25, -0.2) is 4.98 Å². The van der Waals surface area contributed by atoms with Gasteiger partial charge in [0.05, 0.1) is 12.0 Å². The van der Waals surface area contributed by atoms with Crippen molar-refractivity contribution in [1.82, 2.24) is 19.4 Å². The maximum atomic E-state index is 12.4. The molecular formula is C20H28N4O. The summed E-state index contributed by atoms with van der Waals surface area (Å²) in [4.78, 5) is 23.5. The Morgan fingerprint density at radius 2 is 2.00 bits per heavy atom. The molecule has 0 aliphatic carbocycles. The van der Waals surface area contributed by atoms with E-state index in [9.17, 15) is 4.79 Å². The molecular weight excluding hydrogens is 312 g/mol. The molecule has 0 saturated carbocycles. The molecule has 0 spiro atoms. The van der Waals surface area contributed by atoms with Gasteiger partial charge in [0.2, 0.25) is 0 Å². The fraction of sp³-hybridized carbons (Fsp3) is 0.550. The number of piperidine rings is 1. The van der Waals surface area contributed by atoms with Gasteiger partial charge in [0.1, 0.15) is 0 Å². The van der Waals surface area contributed by atoms with Crippen LogP contribution in [0.5, 0.6) is 0 Å². The average Bonchev–Trinajstić information content (AvgIpc) is 2.58. The Labute approximate surface area is 149 Å². The summed E-state index contributed by atoms with van der Waals surface area (Å²) in [5.74, 6) is 0.546. The first-order chi connectivity index (χ1) is 11.9. The maximum Gasteiger partial charge on any atom is 0.253 e.